The van der Waals surface area contributed by atoms with Crippen LogP contribution < -0.4 is 9.46 Å². The van der Waals surface area contributed by atoms with Crippen molar-refractivity contribution in [1.82, 2.24) is 15.1 Å². The lowest BCUT2D eigenvalue weighted by atomic mass is 9.94. The van der Waals surface area contributed by atoms with Crippen LogP contribution in [-0.4, -0.2) is 50.0 Å². The predicted octanol–water partition coefficient (Wildman–Crippen LogP) is 2.17. The molecule has 0 spiro atoms. The fourth-order valence-corrected chi connectivity index (χ4v) is 3.91. The first-order valence-electron chi connectivity index (χ1n) is 8.31. The van der Waals surface area contributed by atoms with Crippen LogP contribution in [0.5, 0.6) is 5.75 Å². The van der Waals surface area contributed by atoms with Crippen molar-refractivity contribution in [3.8, 4) is 5.75 Å². The third-order valence-electron chi connectivity index (χ3n) is 4.42. The highest BCUT2D eigenvalue weighted by Crippen LogP contribution is 2.31. The molecule has 0 amide bonds. The lowest BCUT2D eigenvalue weighted by molar-refractivity contribution is 0.198. The summed E-state index contributed by atoms with van der Waals surface area (Å²) in [6.07, 6.45) is 4.76. The van der Waals surface area contributed by atoms with Crippen LogP contribution in [0.4, 0.5) is 5.69 Å². The molecule has 1 atom stereocenters. The van der Waals surface area contributed by atoms with E-state index in [1.54, 1.807) is 7.11 Å². The first-order chi connectivity index (χ1) is 11.9. The third-order valence-corrected chi connectivity index (χ3v) is 5.01. The molecule has 2 heterocycles. The van der Waals surface area contributed by atoms with Crippen molar-refractivity contribution in [2.24, 2.45) is 0 Å². The highest BCUT2D eigenvalue weighted by molar-refractivity contribution is 7.92. The number of hydrogen-bond donors (Lipinski definition) is 2. The fraction of sp³-hybridized carbons (Fsp3) is 0.471. The van der Waals surface area contributed by atoms with Crippen molar-refractivity contribution >= 4 is 15.7 Å². The number of sulfonamides is 1. The van der Waals surface area contributed by atoms with Crippen molar-refractivity contribution in [2.75, 3.05) is 31.2 Å². The average molecular weight is 364 g/mol. The molecule has 8 heteroatoms. The van der Waals surface area contributed by atoms with Crippen molar-refractivity contribution in [3.63, 3.8) is 0 Å². The summed E-state index contributed by atoms with van der Waals surface area (Å²) in [5, 5.41) is 7.00. The van der Waals surface area contributed by atoms with Gasteiger partial charge in [0.1, 0.15) is 5.75 Å². The molecule has 7 nitrogen and oxygen atoms in total. The molecule has 3 rings (SSSR count). The standard InChI is InChI=1S/C17H24N4O3S/c1-24-15-7-3-5-13(9-15)11-21-8-4-6-14(12-21)17-16(10-18-19-17)20-25(2,22)23/h3,5,7,9-10,14,20H,4,6,8,11-12H2,1-2H3,(H,18,19)/t14-/m1/s1. The molecule has 0 unspecified atom stereocenters. The summed E-state index contributed by atoms with van der Waals surface area (Å²) in [6, 6.07) is 8.09. The first kappa shape index (κ1) is 17.8. The Bertz CT molecular complexity index is 819. The van der Waals surface area contributed by atoms with E-state index in [0.29, 0.717) is 5.69 Å². The number of benzene rings is 1. The largest absolute Gasteiger partial charge is 0.497 e. The maximum Gasteiger partial charge on any atom is 0.229 e. The second-order valence-corrected chi connectivity index (χ2v) is 8.25. The van der Waals surface area contributed by atoms with Crippen LogP contribution in [0.2, 0.25) is 0 Å². The number of aromatic nitrogens is 2. The van der Waals surface area contributed by atoms with E-state index in [0.717, 1.165) is 50.2 Å². The molecular weight excluding hydrogens is 340 g/mol. The average Bonchev–Trinajstić information content (AvgIpc) is 3.01. The quantitative estimate of drug-likeness (QED) is 0.820. The molecule has 0 saturated carbocycles. The predicted molar refractivity (Wildman–Crippen MR) is 97.3 cm³/mol. The highest BCUT2D eigenvalue weighted by atomic mass is 32.2. The zero-order valence-corrected chi connectivity index (χ0v) is 15.3. The summed E-state index contributed by atoms with van der Waals surface area (Å²) >= 11 is 0. The van der Waals surface area contributed by atoms with Crippen LogP contribution in [0.25, 0.3) is 0 Å². The molecule has 2 N–H and O–H groups in total. The fourth-order valence-electron chi connectivity index (χ4n) is 3.35. The maximum atomic E-state index is 11.5. The Morgan fingerprint density at radius 1 is 1.44 bits per heavy atom. The smallest absolute Gasteiger partial charge is 0.229 e. The van der Waals surface area contributed by atoms with Gasteiger partial charge in [0, 0.05) is 19.0 Å². The highest BCUT2D eigenvalue weighted by Gasteiger charge is 2.25. The molecule has 1 aliphatic heterocycles. The number of ether oxygens (including phenoxy) is 1. The number of nitrogens with one attached hydrogen (secondary N) is 2. The van der Waals surface area contributed by atoms with Gasteiger partial charge in [0.15, 0.2) is 0 Å². The molecule has 0 aliphatic carbocycles. The monoisotopic (exact) mass is 364 g/mol. The minimum atomic E-state index is -3.32. The van der Waals surface area contributed by atoms with Gasteiger partial charge in [-0.15, -0.1) is 0 Å². The van der Waals surface area contributed by atoms with Gasteiger partial charge in [-0.2, -0.15) is 5.10 Å². The zero-order valence-electron chi connectivity index (χ0n) is 14.5. The van der Waals surface area contributed by atoms with E-state index in [1.165, 1.54) is 11.8 Å². The van der Waals surface area contributed by atoms with Gasteiger partial charge in [-0.05, 0) is 37.1 Å². The molecular formula is C17H24N4O3S. The minimum Gasteiger partial charge on any atom is -0.497 e. The summed E-state index contributed by atoms with van der Waals surface area (Å²) < 4.78 is 30.9. The van der Waals surface area contributed by atoms with Gasteiger partial charge in [-0.25, -0.2) is 8.42 Å². The van der Waals surface area contributed by atoms with E-state index in [1.807, 2.05) is 12.1 Å². The van der Waals surface area contributed by atoms with Gasteiger partial charge in [-0.3, -0.25) is 14.7 Å². The summed E-state index contributed by atoms with van der Waals surface area (Å²) in [6.45, 7) is 2.73. The number of methoxy groups -OCH3 is 1. The summed E-state index contributed by atoms with van der Waals surface area (Å²) in [4.78, 5) is 2.38. The molecule has 136 valence electrons. The zero-order chi connectivity index (χ0) is 17.9. The molecule has 25 heavy (non-hydrogen) atoms. The van der Waals surface area contributed by atoms with E-state index in [9.17, 15) is 8.42 Å². The van der Waals surface area contributed by atoms with Gasteiger partial charge >= 0.3 is 0 Å². The summed E-state index contributed by atoms with van der Waals surface area (Å²) in [5.74, 6) is 1.09. The van der Waals surface area contributed by atoms with E-state index in [-0.39, 0.29) is 5.92 Å². The van der Waals surface area contributed by atoms with E-state index in [2.05, 4.69) is 32.0 Å². The van der Waals surface area contributed by atoms with Crippen LogP contribution in [0.15, 0.2) is 30.5 Å². The topological polar surface area (TPSA) is 87.3 Å². The molecule has 0 radical (unpaired) electrons. The van der Waals surface area contributed by atoms with Gasteiger partial charge in [0.05, 0.1) is 30.9 Å². The molecule has 1 aliphatic rings. The van der Waals surface area contributed by atoms with E-state index >= 15 is 0 Å². The van der Waals surface area contributed by atoms with Crippen molar-refractivity contribution < 1.29 is 13.2 Å². The molecule has 1 aromatic heterocycles. The summed E-state index contributed by atoms with van der Waals surface area (Å²) in [7, 11) is -1.64. The van der Waals surface area contributed by atoms with Crippen LogP contribution in [0.3, 0.4) is 0 Å². The van der Waals surface area contributed by atoms with E-state index in [4.69, 9.17) is 4.74 Å². The number of rotatable bonds is 6. The molecule has 2 aromatic rings. The van der Waals surface area contributed by atoms with Crippen molar-refractivity contribution in [2.45, 2.75) is 25.3 Å². The first-order valence-corrected chi connectivity index (χ1v) is 10.2. The van der Waals surface area contributed by atoms with Crippen LogP contribution in [-0.2, 0) is 16.6 Å². The lowest BCUT2D eigenvalue weighted by Crippen LogP contribution is -2.34. The molecule has 1 fully saturated rings. The molecule has 0 bridgehead atoms. The molecule has 1 saturated heterocycles. The van der Waals surface area contributed by atoms with Crippen LogP contribution in [0, 0.1) is 0 Å². The number of aromatic amines is 1. The maximum absolute atomic E-state index is 11.5. The van der Waals surface area contributed by atoms with E-state index < -0.39 is 10.0 Å². The lowest BCUT2D eigenvalue weighted by Gasteiger charge is -2.32. The summed E-state index contributed by atoms with van der Waals surface area (Å²) in [5.41, 5.74) is 2.62. The van der Waals surface area contributed by atoms with Crippen molar-refractivity contribution in [1.29, 1.82) is 0 Å². The Morgan fingerprint density at radius 2 is 2.28 bits per heavy atom. The number of anilines is 1. The second-order valence-electron chi connectivity index (χ2n) is 6.50. The third kappa shape index (κ3) is 4.73. The van der Waals surface area contributed by atoms with Crippen molar-refractivity contribution in [3.05, 3.63) is 41.7 Å². The van der Waals surface area contributed by atoms with Gasteiger partial charge < -0.3 is 4.74 Å². The Kier molecular flexibility index (Phi) is 5.29. The van der Waals surface area contributed by atoms with Crippen LogP contribution in [0.1, 0.15) is 30.0 Å². The van der Waals surface area contributed by atoms with Gasteiger partial charge in [0.25, 0.3) is 0 Å². The molecule has 1 aromatic carbocycles. The normalized spacial score (nSPS) is 18.9. The second kappa shape index (κ2) is 7.45. The van der Waals surface area contributed by atoms with Crippen LogP contribution >= 0.6 is 0 Å². The minimum absolute atomic E-state index is 0.228. The Labute approximate surface area is 148 Å². The van der Waals surface area contributed by atoms with Gasteiger partial charge in [-0.1, -0.05) is 12.1 Å². The van der Waals surface area contributed by atoms with Gasteiger partial charge in [0.2, 0.25) is 10.0 Å². The Hall–Kier alpha value is -2.06. The Morgan fingerprint density at radius 3 is 3.04 bits per heavy atom. The number of H-pyrrole nitrogens is 1. The SMILES string of the molecule is COc1cccc(CN2CCC[C@@H](c3[nH]ncc3NS(C)(=O)=O)C2)c1. The Balaban J connectivity index is 1.70. The number of nitrogens with zero attached hydrogens (tertiary/aromatic N) is 2. The number of piperidine rings is 1. The number of hydrogen-bond acceptors (Lipinski definition) is 5. The number of likely N-dealkylation sites (tertiary alicyclic amines) is 1.